The van der Waals surface area contributed by atoms with E-state index < -0.39 is 9.84 Å². The van der Waals surface area contributed by atoms with Gasteiger partial charge in [-0.2, -0.15) is 0 Å². The molecule has 0 saturated carbocycles. The van der Waals surface area contributed by atoms with Gasteiger partial charge >= 0.3 is 5.97 Å². The van der Waals surface area contributed by atoms with Gasteiger partial charge < -0.3 is 10.1 Å². The van der Waals surface area contributed by atoms with Crippen molar-refractivity contribution in [3.8, 4) is 0 Å². The second-order valence-electron chi connectivity index (χ2n) is 4.07. The minimum Gasteiger partial charge on any atom is -0.465 e. The van der Waals surface area contributed by atoms with Crippen LogP contribution in [0.3, 0.4) is 0 Å². The van der Waals surface area contributed by atoms with Gasteiger partial charge in [0.2, 0.25) is 0 Å². The molecule has 1 saturated heterocycles. The van der Waals surface area contributed by atoms with E-state index in [0.717, 1.165) is 0 Å². The van der Waals surface area contributed by atoms with E-state index >= 15 is 0 Å². The number of carbonyl (C=O) groups is 1. The number of sulfone groups is 1. The second kappa shape index (κ2) is 5.63. The summed E-state index contributed by atoms with van der Waals surface area (Å²) >= 11 is 0. The van der Waals surface area contributed by atoms with Crippen LogP contribution in [-0.2, 0) is 19.4 Å². The molecule has 0 aliphatic carbocycles. The average molecular weight is 249 g/mol. The maximum Gasteiger partial charge on any atom is 0.322 e. The minimum atomic E-state index is -2.84. The third-order valence-corrected chi connectivity index (χ3v) is 4.40. The first kappa shape index (κ1) is 13.4. The molecule has 1 rings (SSSR count). The van der Waals surface area contributed by atoms with E-state index in [1.165, 1.54) is 0 Å². The van der Waals surface area contributed by atoms with Crippen LogP contribution in [0.2, 0.25) is 0 Å². The monoisotopic (exact) mass is 249 g/mol. The van der Waals surface area contributed by atoms with Crippen molar-refractivity contribution in [1.82, 2.24) is 5.32 Å². The van der Waals surface area contributed by atoms with Gasteiger partial charge in [0.25, 0.3) is 0 Å². The summed E-state index contributed by atoms with van der Waals surface area (Å²) in [5.74, 6) is 0.136. The van der Waals surface area contributed by atoms with Crippen LogP contribution in [0.25, 0.3) is 0 Å². The van der Waals surface area contributed by atoms with Crippen molar-refractivity contribution in [2.24, 2.45) is 0 Å². The summed E-state index contributed by atoms with van der Waals surface area (Å²) in [6.45, 7) is 3.86. The fourth-order valence-electron chi connectivity index (χ4n) is 1.75. The molecular weight excluding hydrogens is 230 g/mol. The van der Waals surface area contributed by atoms with E-state index in [2.05, 4.69) is 5.32 Å². The van der Waals surface area contributed by atoms with Gasteiger partial charge in [0.15, 0.2) is 0 Å². The van der Waals surface area contributed by atoms with Crippen molar-refractivity contribution in [3.63, 3.8) is 0 Å². The molecule has 5 nitrogen and oxygen atoms in total. The van der Waals surface area contributed by atoms with Crippen LogP contribution in [0.5, 0.6) is 0 Å². The predicted molar refractivity (Wildman–Crippen MR) is 60.9 cm³/mol. The van der Waals surface area contributed by atoms with E-state index in [1.807, 2.05) is 0 Å². The Bertz CT molecular complexity index is 325. The Morgan fingerprint density at radius 2 is 2.00 bits per heavy atom. The first-order valence-electron chi connectivity index (χ1n) is 5.57. The highest BCUT2D eigenvalue weighted by Gasteiger charge is 2.26. The zero-order chi connectivity index (χ0) is 12.2. The summed E-state index contributed by atoms with van der Waals surface area (Å²) in [5, 5.41) is 3.10. The quantitative estimate of drug-likeness (QED) is 0.716. The molecule has 1 fully saturated rings. The minimum absolute atomic E-state index is 0.0999. The van der Waals surface area contributed by atoms with Crippen LogP contribution >= 0.6 is 0 Å². The first-order valence-corrected chi connectivity index (χ1v) is 7.40. The molecule has 0 radical (unpaired) electrons. The van der Waals surface area contributed by atoms with Crippen LogP contribution in [0, 0.1) is 0 Å². The molecule has 1 atom stereocenters. The summed E-state index contributed by atoms with van der Waals surface area (Å²) in [7, 11) is -2.84. The summed E-state index contributed by atoms with van der Waals surface area (Å²) in [5.41, 5.74) is 0. The lowest BCUT2D eigenvalue weighted by molar-refractivity contribution is -0.145. The molecular formula is C10H19NO4S. The molecule has 1 aliphatic heterocycles. The van der Waals surface area contributed by atoms with Crippen molar-refractivity contribution in [2.75, 3.05) is 18.1 Å². The number of carbonyl (C=O) groups excluding carboxylic acids is 1. The molecule has 6 heteroatoms. The topological polar surface area (TPSA) is 72.5 Å². The van der Waals surface area contributed by atoms with E-state index in [4.69, 9.17) is 4.74 Å². The zero-order valence-electron chi connectivity index (χ0n) is 9.73. The Labute approximate surface area is 96.5 Å². The van der Waals surface area contributed by atoms with Crippen molar-refractivity contribution >= 4 is 15.8 Å². The van der Waals surface area contributed by atoms with Crippen molar-refractivity contribution in [1.29, 1.82) is 0 Å². The Kier molecular flexibility index (Phi) is 4.73. The van der Waals surface area contributed by atoms with Crippen molar-refractivity contribution in [3.05, 3.63) is 0 Å². The Morgan fingerprint density at radius 3 is 2.50 bits per heavy atom. The van der Waals surface area contributed by atoms with Gasteiger partial charge in [0.05, 0.1) is 18.1 Å². The number of ether oxygens (including phenoxy) is 1. The fourth-order valence-corrected chi connectivity index (χ4v) is 3.24. The van der Waals surface area contributed by atoms with Gasteiger partial charge in [0.1, 0.15) is 15.9 Å². The number of hydrogen-bond acceptors (Lipinski definition) is 5. The van der Waals surface area contributed by atoms with Gasteiger partial charge in [-0.15, -0.1) is 0 Å². The van der Waals surface area contributed by atoms with Gasteiger partial charge in [0, 0.05) is 6.04 Å². The normalized spacial score (nSPS) is 22.6. The SMILES string of the molecule is CCOC(=O)C(C)NC1CCS(=O)(=O)CC1. The van der Waals surface area contributed by atoms with Crippen LogP contribution in [-0.4, -0.2) is 44.6 Å². The molecule has 0 aromatic heterocycles. The van der Waals surface area contributed by atoms with E-state index in [-0.39, 0.29) is 29.6 Å². The smallest absolute Gasteiger partial charge is 0.322 e. The maximum atomic E-state index is 11.3. The third kappa shape index (κ3) is 4.09. The molecule has 0 aromatic carbocycles. The highest BCUT2D eigenvalue weighted by molar-refractivity contribution is 7.91. The Hall–Kier alpha value is -0.620. The molecule has 0 spiro atoms. The van der Waals surface area contributed by atoms with Crippen LogP contribution in [0.15, 0.2) is 0 Å². The van der Waals surface area contributed by atoms with Gasteiger partial charge in [-0.3, -0.25) is 4.79 Å². The summed E-state index contributed by atoms with van der Waals surface area (Å²) in [6.07, 6.45) is 1.15. The molecule has 1 N–H and O–H groups in total. The number of rotatable bonds is 4. The standard InChI is InChI=1S/C10H19NO4S/c1-3-15-10(12)8(2)11-9-4-6-16(13,14)7-5-9/h8-9,11H,3-7H2,1-2H3. The predicted octanol–water partition coefficient (Wildman–Crippen LogP) is 0.105. The molecule has 0 amide bonds. The van der Waals surface area contributed by atoms with Crippen LogP contribution < -0.4 is 5.32 Å². The van der Waals surface area contributed by atoms with Crippen molar-refractivity contribution < 1.29 is 17.9 Å². The lowest BCUT2D eigenvalue weighted by Gasteiger charge is -2.25. The third-order valence-electron chi connectivity index (χ3n) is 2.68. The molecule has 0 bridgehead atoms. The number of hydrogen-bond donors (Lipinski definition) is 1. The fraction of sp³-hybridized carbons (Fsp3) is 0.900. The van der Waals surface area contributed by atoms with E-state index in [0.29, 0.717) is 19.4 Å². The Morgan fingerprint density at radius 1 is 1.44 bits per heavy atom. The molecule has 1 heterocycles. The van der Waals surface area contributed by atoms with E-state index in [9.17, 15) is 13.2 Å². The molecule has 16 heavy (non-hydrogen) atoms. The summed E-state index contributed by atoms with van der Waals surface area (Å²) in [6, 6.07) is -0.270. The largest absolute Gasteiger partial charge is 0.465 e. The van der Waals surface area contributed by atoms with Crippen LogP contribution in [0.4, 0.5) is 0 Å². The number of esters is 1. The Balaban J connectivity index is 2.36. The maximum absolute atomic E-state index is 11.3. The number of nitrogens with one attached hydrogen (secondary N) is 1. The summed E-state index contributed by atoms with van der Waals surface area (Å²) < 4.78 is 27.3. The summed E-state index contributed by atoms with van der Waals surface area (Å²) in [4.78, 5) is 11.3. The van der Waals surface area contributed by atoms with Gasteiger partial charge in [-0.25, -0.2) is 8.42 Å². The molecule has 1 unspecified atom stereocenters. The lowest BCUT2D eigenvalue weighted by atomic mass is 10.1. The molecule has 94 valence electrons. The van der Waals surface area contributed by atoms with Gasteiger partial charge in [-0.05, 0) is 26.7 Å². The second-order valence-corrected chi connectivity index (χ2v) is 6.37. The first-order chi connectivity index (χ1) is 7.44. The lowest BCUT2D eigenvalue weighted by Crippen LogP contribution is -2.45. The highest BCUT2D eigenvalue weighted by Crippen LogP contribution is 2.12. The molecule has 1 aliphatic rings. The van der Waals surface area contributed by atoms with Gasteiger partial charge in [-0.1, -0.05) is 0 Å². The molecule has 0 aromatic rings. The van der Waals surface area contributed by atoms with Crippen LogP contribution in [0.1, 0.15) is 26.7 Å². The average Bonchev–Trinajstić information content (AvgIpc) is 2.21. The van der Waals surface area contributed by atoms with E-state index in [1.54, 1.807) is 13.8 Å². The zero-order valence-corrected chi connectivity index (χ0v) is 10.5. The van der Waals surface area contributed by atoms with Crippen molar-refractivity contribution in [2.45, 2.75) is 38.8 Å². The highest BCUT2D eigenvalue weighted by atomic mass is 32.2.